The Kier molecular flexibility index (Phi) is 3.41. The zero-order chi connectivity index (χ0) is 12.6. The van der Waals surface area contributed by atoms with Crippen LogP contribution in [-0.4, -0.2) is 52.1 Å². The third kappa shape index (κ3) is 1.94. The molecule has 2 aliphatic heterocycles. The zero-order valence-electron chi connectivity index (χ0n) is 9.47. The molecule has 0 bridgehead atoms. The predicted octanol–water partition coefficient (Wildman–Crippen LogP) is -0.823. The van der Waals surface area contributed by atoms with E-state index in [1.807, 2.05) is 6.92 Å². The van der Waals surface area contributed by atoms with E-state index in [9.17, 15) is 14.7 Å². The van der Waals surface area contributed by atoms with Gasteiger partial charge in [0.05, 0.1) is 0 Å². The van der Waals surface area contributed by atoms with Crippen molar-refractivity contribution >= 4 is 23.6 Å². The molecule has 2 atom stereocenters. The van der Waals surface area contributed by atoms with Crippen molar-refractivity contribution in [2.45, 2.75) is 18.3 Å². The molecular weight excluding hydrogens is 242 g/mol. The van der Waals surface area contributed by atoms with Crippen LogP contribution < -0.4 is 11.1 Å². The van der Waals surface area contributed by atoms with Gasteiger partial charge in [-0.1, -0.05) is 6.92 Å². The number of rotatable bonds is 4. The number of likely N-dealkylation sites (N-methyl/N-ethyl adjacent to an activating group) is 1. The van der Waals surface area contributed by atoms with Crippen LogP contribution in [0.3, 0.4) is 0 Å². The number of carbonyl (C=O) groups is 2. The maximum Gasteiger partial charge on any atom is 0.352 e. The molecule has 0 aliphatic carbocycles. The summed E-state index contributed by atoms with van der Waals surface area (Å²) < 4.78 is 0. The summed E-state index contributed by atoms with van der Waals surface area (Å²) in [7, 11) is 0. The van der Waals surface area contributed by atoms with Crippen molar-refractivity contribution in [3.8, 4) is 0 Å². The van der Waals surface area contributed by atoms with Gasteiger partial charge in [0.2, 0.25) is 5.91 Å². The molecule has 2 aliphatic rings. The molecule has 0 aromatic rings. The van der Waals surface area contributed by atoms with Crippen molar-refractivity contribution in [1.29, 1.82) is 0 Å². The molecule has 1 amide bonds. The zero-order valence-corrected chi connectivity index (χ0v) is 10.3. The van der Waals surface area contributed by atoms with Crippen LogP contribution in [0.5, 0.6) is 0 Å². The highest BCUT2D eigenvalue weighted by Gasteiger charge is 2.51. The van der Waals surface area contributed by atoms with Gasteiger partial charge in [-0.15, -0.1) is 11.8 Å². The smallest absolute Gasteiger partial charge is 0.352 e. The summed E-state index contributed by atoms with van der Waals surface area (Å²) in [4.78, 5) is 24.2. The molecule has 7 heteroatoms. The lowest BCUT2D eigenvalue weighted by Gasteiger charge is -2.48. The van der Waals surface area contributed by atoms with Gasteiger partial charge in [-0.05, 0) is 12.1 Å². The van der Waals surface area contributed by atoms with Gasteiger partial charge in [0.25, 0.3) is 0 Å². The van der Waals surface area contributed by atoms with Crippen molar-refractivity contribution in [2.75, 3.05) is 18.8 Å². The normalized spacial score (nSPS) is 27.9. The number of nitrogens with two attached hydrogens (primary N) is 1. The fourth-order valence-corrected chi connectivity index (χ4v) is 3.28. The van der Waals surface area contributed by atoms with E-state index in [2.05, 4.69) is 5.32 Å². The summed E-state index contributed by atoms with van der Waals surface area (Å²) in [6.45, 7) is 3.21. The lowest BCUT2D eigenvalue weighted by Crippen LogP contribution is -2.68. The fraction of sp³-hybridized carbons (Fsp3) is 0.600. The van der Waals surface area contributed by atoms with E-state index < -0.39 is 12.0 Å². The first-order chi connectivity index (χ1) is 8.07. The second-order valence-corrected chi connectivity index (χ2v) is 5.08. The molecule has 4 N–H and O–H groups in total. The topological polar surface area (TPSA) is 95.7 Å². The van der Waals surface area contributed by atoms with Gasteiger partial charge >= 0.3 is 5.97 Å². The van der Waals surface area contributed by atoms with Crippen molar-refractivity contribution in [1.82, 2.24) is 10.2 Å². The summed E-state index contributed by atoms with van der Waals surface area (Å²) >= 11 is 1.52. The second-order valence-electron chi connectivity index (χ2n) is 3.97. The molecule has 0 spiro atoms. The molecule has 1 saturated heterocycles. The van der Waals surface area contributed by atoms with Crippen molar-refractivity contribution in [2.24, 2.45) is 5.73 Å². The number of thioether (sulfide) groups is 1. The van der Waals surface area contributed by atoms with Gasteiger partial charge in [-0.2, -0.15) is 0 Å². The van der Waals surface area contributed by atoms with Gasteiger partial charge in [-0.25, -0.2) is 4.79 Å². The van der Waals surface area contributed by atoms with Crippen LogP contribution in [0.1, 0.15) is 6.92 Å². The summed E-state index contributed by atoms with van der Waals surface area (Å²) in [5.41, 5.74) is 6.50. The van der Waals surface area contributed by atoms with Crippen LogP contribution in [0.4, 0.5) is 0 Å². The number of β-lactam (4-membered cyclic amide) rings is 1. The Labute approximate surface area is 103 Å². The molecule has 0 radical (unpaired) electrons. The lowest BCUT2D eigenvalue weighted by molar-refractivity contribution is -0.147. The minimum absolute atomic E-state index is 0.112. The molecule has 2 rings (SSSR count). The van der Waals surface area contributed by atoms with Gasteiger partial charge < -0.3 is 16.2 Å². The van der Waals surface area contributed by atoms with Gasteiger partial charge in [0, 0.05) is 12.3 Å². The number of carbonyl (C=O) groups excluding carboxylic acids is 1. The number of hydrogen-bond donors (Lipinski definition) is 3. The summed E-state index contributed by atoms with van der Waals surface area (Å²) in [5, 5.41) is 12.1. The molecule has 0 saturated carbocycles. The van der Waals surface area contributed by atoms with E-state index in [0.29, 0.717) is 12.3 Å². The van der Waals surface area contributed by atoms with Crippen LogP contribution in [0, 0.1) is 0 Å². The van der Waals surface area contributed by atoms with Crippen LogP contribution >= 0.6 is 11.8 Å². The van der Waals surface area contributed by atoms with Crippen molar-refractivity contribution in [3.05, 3.63) is 11.3 Å². The van der Waals surface area contributed by atoms with Crippen LogP contribution in [0.2, 0.25) is 0 Å². The minimum Gasteiger partial charge on any atom is -0.477 e. The highest BCUT2D eigenvalue weighted by molar-refractivity contribution is 8.00. The third-order valence-corrected chi connectivity index (χ3v) is 4.24. The van der Waals surface area contributed by atoms with Gasteiger partial charge in [0.15, 0.2) is 0 Å². The van der Waals surface area contributed by atoms with E-state index in [-0.39, 0.29) is 17.0 Å². The molecule has 0 aromatic carbocycles. The molecule has 1 unspecified atom stereocenters. The second kappa shape index (κ2) is 4.67. The molecule has 1 fully saturated rings. The first kappa shape index (κ1) is 12.4. The number of carboxylic acid groups (broad SMARTS) is 1. The Morgan fingerprint density at radius 2 is 2.41 bits per heavy atom. The fourth-order valence-electron chi connectivity index (χ4n) is 1.99. The molecule has 6 nitrogen and oxygen atoms in total. The standard InChI is InChI=1S/C10H15N3O3S/c1-2-12-3-5-4-17-9-6(11)8(14)13(9)7(5)10(15)16/h6,9,12H,2-4,11H2,1H3,(H,15,16)/t6?,9-/m1/s1. The quantitative estimate of drug-likeness (QED) is 0.569. The Bertz CT molecular complexity index is 396. The van der Waals surface area contributed by atoms with Crippen molar-refractivity contribution in [3.63, 3.8) is 0 Å². The highest BCUT2D eigenvalue weighted by atomic mass is 32.2. The molecule has 2 heterocycles. The number of aliphatic carboxylic acids is 1. The third-order valence-electron chi connectivity index (χ3n) is 2.88. The summed E-state index contributed by atoms with van der Waals surface area (Å²) in [6.07, 6.45) is 0. The Balaban J connectivity index is 2.26. The number of amides is 1. The van der Waals surface area contributed by atoms with E-state index in [1.165, 1.54) is 16.7 Å². The Morgan fingerprint density at radius 3 is 3.00 bits per heavy atom. The van der Waals surface area contributed by atoms with Crippen LogP contribution in [0.15, 0.2) is 11.3 Å². The first-order valence-electron chi connectivity index (χ1n) is 5.44. The first-order valence-corrected chi connectivity index (χ1v) is 6.49. The van der Waals surface area contributed by atoms with E-state index >= 15 is 0 Å². The molecule has 94 valence electrons. The van der Waals surface area contributed by atoms with E-state index in [0.717, 1.165) is 12.1 Å². The Hall–Kier alpha value is -1.05. The number of fused-ring (bicyclic) bond motifs is 1. The van der Waals surface area contributed by atoms with E-state index in [4.69, 9.17) is 5.73 Å². The van der Waals surface area contributed by atoms with Crippen molar-refractivity contribution < 1.29 is 14.7 Å². The summed E-state index contributed by atoms with van der Waals surface area (Å²) in [6, 6.07) is -0.560. The SMILES string of the molecule is CCNCC1=C(C(=O)O)N2C(=O)C(N)[C@H]2SC1. The summed E-state index contributed by atoms with van der Waals surface area (Å²) in [5.74, 6) is -0.742. The highest BCUT2D eigenvalue weighted by Crippen LogP contribution is 2.39. The molecular formula is C10H15N3O3S. The molecule has 17 heavy (non-hydrogen) atoms. The average Bonchev–Trinajstić information content (AvgIpc) is 2.33. The van der Waals surface area contributed by atoms with Crippen LogP contribution in [-0.2, 0) is 9.59 Å². The van der Waals surface area contributed by atoms with E-state index in [1.54, 1.807) is 0 Å². The lowest BCUT2D eigenvalue weighted by atomic mass is 10.0. The maximum absolute atomic E-state index is 11.6. The number of nitrogens with one attached hydrogen (secondary N) is 1. The monoisotopic (exact) mass is 257 g/mol. The van der Waals surface area contributed by atoms with Gasteiger partial charge in [-0.3, -0.25) is 9.69 Å². The number of hydrogen-bond acceptors (Lipinski definition) is 5. The predicted molar refractivity (Wildman–Crippen MR) is 64.3 cm³/mol. The van der Waals surface area contributed by atoms with Crippen LogP contribution in [0.25, 0.3) is 0 Å². The average molecular weight is 257 g/mol. The number of nitrogens with zero attached hydrogens (tertiary/aromatic N) is 1. The number of carboxylic acids is 1. The maximum atomic E-state index is 11.6. The Morgan fingerprint density at radius 1 is 1.71 bits per heavy atom. The largest absolute Gasteiger partial charge is 0.477 e. The van der Waals surface area contributed by atoms with Gasteiger partial charge in [0.1, 0.15) is 17.1 Å². The minimum atomic E-state index is -1.05. The molecule has 0 aromatic heterocycles.